The number of ether oxygens (including phenoxy) is 3. The number of benzene rings is 2. The molecular formula is C22H25N3O5S. The first-order valence-electron chi connectivity index (χ1n) is 9.71. The predicted octanol–water partition coefficient (Wildman–Crippen LogP) is 3.46. The Bertz CT molecular complexity index is 995. The molecule has 0 saturated carbocycles. The zero-order valence-electron chi connectivity index (χ0n) is 17.9. The third-order valence-electron chi connectivity index (χ3n) is 4.35. The molecule has 1 heterocycles. The average Bonchev–Trinajstić information content (AvgIpc) is 3.15. The maximum atomic E-state index is 12.2. The number of amides is 2. The standard InChI is InChI=1S/C22H25N3O5S/c1-14-9-10-18(29-11-12-30-20-8-6-5-7-19(20)28-4)17(13-14)21-25(16(3)27)24-22(31-21)23-15(2)26/h5-10,13,21H,11-12H2,1-4H3,(H,23,24,26)/t21-/m0/s1. The van der Waals surface area contributed by atoms with Gasteiger partial charge in [-0.15, -0.1) is 5.10 Å². The van der Waals surface area contributed by atoms with Crippen LogP contribution in [0.5, 0.6) is 17.2 Å². The quantitative estimate of drug-likeness (QED) is 0.659. The summed E-state index contributed by atoms with van der Waals surface area (Å²) < 4.78 is 17.0. The van der Waals surface area contributed by atoms with Gasteiger partial charge in [0.2, 0.25) is 11.8 Å². The second-order valence-corrected chi connectivity index (χ2v) is 7.88. The number of rotatable bonds is 7. The number of carbonyl (C=O) groups excluding carboxylic acids is 2. The van der Waals surface area contributed by atoms with E-state index in [-0.39, 0.29) is 11.8 Å². The van der Waals surface area contributed by atoms with Crippen molar-refractivity contribution in [1.82, 2.24) is 10.3 Å². The number of nitrogens with zero attached hydrogens (tertiary/aromatic N) is 2. The number of methoxy groups -OCH3 is 1. The van der Waals surface area contributed by atoms with Crippen LogP contribution in [0, 0.1) is 6.92 Å². The van der Waals surface area contributed by atoms with Crippen LogP contribution in [0.1, 0.15) is 30.3 Å². The summed E-state index contributed by atoms with van der Waals surface area (Å²) >= 11 is 1.29. The SMILES string of the molecule is COc1ccccc1OCCOc1ccc(C)cc1[C@@H]1SC(NC(C)=O)=NN1C(C)=O. The van der Waals surface area contributed by atoms with Crippen LogP contribution >= 0.6 is 11.8 Å². The molecule has 3 rings (SSSR count). The van der Waals surface area contributed by atoms with E-state index in [4.69, 9.17) is 14.2 Å². The van der Waals surface area contributed by atoms with E-state index in [1.807, 2.05) is 49.4 Å². The molecule has 2 aromatic carbocycles. The molecule has 9 heteroatoms. The van der Waals surface area contributed by atoms with Gasteiger partial charge >= 0.3 is 0 Å². The summed E-state index contributed by atoms with van der Waals surface area (Å²) in [6.07, 6.45) is 0. The minimum absolute atomic E-state index is 0.232. The number of nitrogens with one attached hydrogen (secondary N) is 1. The van der Waals surface area contributed by atoms with Gasteiger partial charge in [0.25, 0.3) is 0 Å². The van der Waals surface area contributed by atoms with Crippen molar-refractivity contribution in [2.24, 2.45) is 5.10 Å². The van der Waals surface area contributed by atoms with Crippen molar-refractivity contribution >= 4 is 28.7 Å². The molecule has 0 radical (unpaired) electrons. The molecule has 0 aliphatic carbocycles. The van der Waals surface area contributed by atoms with Gasteiger partial charge in [-0.2, -0.15) is 0 Å². The summed E-state index contributed by atoms with van der Waals surface area (Å²) in [6, 6.07) is 13.2. The van der Waals surface area contributed by atoms with E-state index in [1.165, 1.54) is 30.6 Å². The van der Waals surface area contributed by atoms with Crippen LogP contribution < -0.4 is 19.5 Å². The van der Waals surface area contributed by atoms with Gasteiger partial charge in [-0.1, -0.05) is 35.5 Å². The van der Waals surface area contributed by atoms with Crippen molar-refractivity contribution in [2.75, 3.05) is 20.3 Å². The molecule has 31 heavy (non-hydrogen) atoms. The van der Waals surface area contributed by atoms with Gasteiger partial charge in [0.15, 0.2) is 16.7 Å². The van der Waals surface area contributed by atoms with E-state index in [0.717, 1.165) is 11.1 Å². The van der Waals surface area contributed by atoms with Crippen molar-refractivity contribution in [3.63, 3.8) is 0 Å². The molecule has 0 unspecified atom stereocenters. The lowest BCUT2D eigenvalue weighted by Crippen LogP contribution is -2.25. The van der Waals surface area contributed by atoms with Gasteiger partial charge in [-0.3, -0.25) is 9.59 Å². The zero-order chi connectivity index (χ0) is 22.4. The van der Waals surface area contributed by atoms with Gasteiger partial charge < -0.3 is 19.5 Å². The van der Waals surface area contributed by atoms with Crippen LogP contribution in [0.15, 0.2) is 47.6 Å². The van der Waals surface area contributed by atoms with E-state index < -0.39 is 5.37 Å². The van der Waals surface area contributed by atoms with Gasteiger partial charge in [0.1, 0.15) is 24.3 Å². The first-order valence-corrected chi connectivity index (χ1v) is 10.6. The fourth-order valence-electron chi connectivity index (χ4n) is 3.00. The van der Waals surface area contributed by atoms with E-state index in [9.17, 15) is 9.59 Å². The lowest BCUT2D eigenvalue weighted by atomic mass is 10.1. The number of carbonyl (C=O) groups is 2. The first kappa shape index (κ1) is 22.5. The predicted molar refractivity (Wildman–Crippen MR) is 119 cm³/mol. The van der Waals surface area contributed by atoms with Crippen molar-refractivity contribution in [2.45, 2.75) is 26.1 Å². The molecule has 0 saturated heterocycles. The largest absolute Gasteiger partial charge is 0.493 e. The Morgan fingerprint density at radius 2 is 1.74 bits per heavy atom. The number of amidine groups is 1. The maximum absolute atomic E-state index is 12.2. The highest BCUT2D eigenvalue weighted by molar-refractivity contribution is 8.14. The summed E-state index contributed by atoms with van der Waals surface area (Å²) in [6.45, 7) is 5.41. The van der Waals surface area contributed by atoms with Crippen LogP contribution in [0.4, 0.5) is 0 Å². The molecule has 1 N–H and O–H groups in total. The molecule has 0 aromatic heterocycles. The smallest absolute Gasteiger partial charge is 0.241 e. The molecule has 0 bridgehead atoms. The molecule has 1 aliphatic heterocycles. The molecule has 0 spiro atoms. The number of hydrogen-bond acceptors (Lipinski definition) is 7. The number of thioether (sulfide) groups is 1. The molecule has 164 valence electrons. The van der Waals surface area contributed by atoms with E-state index in [2.05, 4.69) is 10.4 Å². The highest BCUT2D eigenvalue weighted by atomic mass is 32.2. The van der Waals surface area contributed by atoms with Crippen molar-refractivity contribution < 1.29 is 23.8 Å². The Labute approximate surface area is 185 Å². The molecule has 0 fully saturated rings. The maximum Gasteiger partial charge on any atom is 0.241 e. The minimum Gasteiger partial charge on any atom is -0.493 e. The lowest BCUT2D eigenvalue weighted by Gasteiger charge is -2.22. The Morgan fingerprint density at radius 1 is 1.06 bits per heavy atom. The van der Waals surface area contributed by atoms with E-state index >= 15 is 0 Å². The molecule has 1 atom stereocenters. The molecule has 2 aromatic rings. The minimum atomic E-state index is -0.440. The van der Waals surface area contributed by atoms with Crippen LogP contribution in [0.3, 0.4) is 0 Å². The van der Waals surface area contributed by atoms with Gasteiger partial charge in [0, 0.05) is 19.4 Å². The average molecular weight is 444 g/mol. The molecule has 1 aliphatic rings. The summed E-state index contributed by atoms with van der Waals surface area (Å²) in [7, 11) is 1.59. The summed E-state index contributed by atoms with van der Waals surface area (Å²) in [5, 5.41) is 8.18. The Kier molecular flexibility index (Phi) is 7.41. The Morgan fingerprint density at radius 3 is 2.39 bits per heavy atom. The van der Waals surface area contributed by atoms with Crippen LogP contribution in [-0.2, 0) is 9.59 Å². The highest BCUT2D eigenvalue weighted by Crippen LogP contribution is 2.43. The third-order valence-corrected chi connectivity index (χ3v) is 5.43. The van der Waals surface area contributed by atoms with Gasteiger partial charge in [-0.25, -0.2) is 5.01 Å². The number of para-hydroxylation sites is 2. The summed E-state index contributed by atoms with van der Waals surface area (Å²) in [5.41, 5.74) is 1.81. The monoisotopic (exact) mass is 443 g/mol. The fraction of sp³-hybridized carbons (Fsp3) is 0.318. The number of hydrogen-bond donors (Lipinski definition) is 1. The molecule has 2 amide bonds. The Balaban J connectivity index is 1.72. The van der Waals surface area contributed by atoms with Crippen LogP contribution in [-0.4, -0.2) is 42.3 Å². The van der Waals surface area contributed by atoms with Crippen molar-refractivity contribution in [3.8, 4) is 17.2 Å². The number of aryl methyl sites for hydroxylation is 1. The summed E-state index contributed by atoms with van der Waals surface area (Å²) in [5.74, 6) is 1.44. The highest BCUT2D eigenvalue weighted by Gasteiger charge is 2.34. The van der Waals surface area contributed by atoms with Crippen LogP contribution in [0.2, 0.25) is 0 Å². The first-order chi connectivity index (χ1) is 14.9. The normalized spacial score (nSPS) is 15.3. The van der Waals surface area contributed by atoms with E-state index in [1.54, 1.807) is 7.11 Å². The third kappa shape index (κ3) is 5.69. The second kappa shape index (κ2) is 10.2. The van der Waals surface area contributed by atoms with Crippen molar-refractivity contribution in [3.05, 3.63) is 53.6 Å². The van der Waals surface area contributed by atoms with E-state index in [0.29, 0.717) is 35.6 Å². The summed E-state index contributed by atoms with van der Waals surface area (Å²) in [4.78, 5) is 23.6. The van der Waals surface area contributed by atoms with Gasteiger partial charge in [-0.05, 0) is 31.2 Å². The molecular weight excluding hydrogens is 418 g/mol. The Hall–Kier alpha value is -3.20. The number of hydrazone groups is 1. The van der Waals surface area contributed by atoms with Crippen LogP contribution in [0.25, 0.3) is 0 Å². The van der Waals surface area contributed by atoms with Gasteiger partial charge in [0.05, 0.1) is 7.11 Å². The lowest BCUT2D eigenvalue weighted by molar-refractivity contribution is -0.129. The topological polar surface area (TPSA) is 89.5 Å². The van der Waals surface area contributed by atoms with Crippen molar-refractivity contribution in [1.29, 1.82) is 0 Å². The zero-order valence-corrected chi connectivity index (χ0v) is 18.7. The second-order valence-electron chi connectivity index (χ2n) is 6.81. The fourth-order valence-corrected chi connectivity index (χ4v) is 4.15. The molecule has 8 nitrogen and oxygen atoms in total.